The number of pyridine rings is 1. The van der Waals surface area contributed by atoms with Gasteiger partial charge >= 0.3 is 0 Å². The molecule has 0 saturated carbocycles. The van der Waals surface area contributed by atoms with Gasteiger partial charge in [0.2, 0.25) is 0 Å². The highest BCUT2D eigenvalue weighted by Gasteiger charge is 1.96. The lowest BCUT2D eigenvalue weighted by molar-refractivity contribution is 0.870. The molecule has 16 heavy (non-hydrogen) atoms. The predicted octanol–water partition coefficient (Wildman–Crippen LogP) is 2.33. The molecule has 0 bridgehead atoms. The van der Waals surface area contributed by atoms with Crippen molar-refractivity contribution in [2.75, 3.05) is 6.54 Å². The van der Waals surface area contributed by atoms with E-state index in [9.17, 15) is 0 Å². The molecule has 1 heterocycles. The van der Waals surface area contributed by atoms with E-state index in [4.69, 9.17) is 5.73 Å². The van der Waals surface area contributed by atoms with Gasteiger partial charge in [-0.25, -0.2) is 0 Å². The lowest BCUT2D eigenvalue weighted by Crippen LogP contribution is -1.96. The summed E-state index contributed by atoms with van der Waals surface area (Å²) in [5.41, 5.74) is 6.46. The van der Waals surface area contributed by atoms with E-state index in [0.29, 0.717) is 6.54 Å². The van der Waals surface area contributed by atoms with Crippen LogP contribution in [-0.4, -0.2) is 11.5 Å². The first-order valence-electron chi connectivity index (χ1n) is 5.43. The molecule has 0 aliphatic rings. The van der Waals surface area contributed by atoms with Gasteiger partial charge in [-0.2, -0.15) is 0 Å². The molecule has 80 valence electrons. The maximum absolute atomic E-state index is 5.42. The van der Waals surface area contributed by atoms with Crippen LogP contribution in [0.3, 0.4) is 0 Å². The topological polar surface area (TPSA) is 38.9 Å². The third-order valence-corrected chi connectivity index (χ3v) is 2.41. The number of nitrogens with zero attached hydrogens (tertiary/aromatic N) is 1. The number of rotatable bonds is 2. The standard InChI is InChI=1S/C14H14N2/c15-9-3-1-2-5-12-6-4-7-13-8-10-16-11-14(12)13/h4,6-8,10-11H,1,3,9,15H2. The zero-order valence-electron chi connectivity index (χ0n) is 9.11. The van der Waals surface area contributed by atoms with Gasteiger partial charge in [-0.05, 0) is 30.5 Å². The van der Waals surface area contributed by atoms with Crippen LogP contribution in [0.25, 0.3) is 10.8 Å². The second-order valence-electron chi connectivity index (χ2n) is 3.60. The fraction of sp³-hybridized carbons (Fsp3) is 0.214. The number of unbranched alkanes of at least 4 members (excludes halogenated alkanes) is 1. The lowest BCUT2D eigenvalue weighted by Gasteiger charge is -1.98. The van der Waals surface area contributed by atoms with Crippen molar-refractivity contribution in [2.45, 2.75) is 12.8 Å². The van der Waals surface area contributed by atoms with Gasteiger partial charge in [-0.1, -0.05) is 24.0 Å². The first-order valence-corrected chi connectivity index (χ1v) is 5.43. The molecular formula is C14H14N2. The first kappa shape index (κ1) is 10.7. The van der Waals surface area contributed by atoms with Gasteiger partial charge in [0.15, 0.2) is 0 Å². The van der Waals surface area contributed by atoms with Crippen molar-refractivity contribution < 1.29 is 0 Å². The average molecular weight is 210 g/mol. The maximum Gasteiger partial charge on any atom is 0.0358 e. The van der Waals surface area contributed by atoms with E-state index >= 15 is 0 Å². The molecule has 2 rings (SSSR count). The minimum absolute atomic E-state index is 0.700. The largest absolute Gasteiger partial charge is 0.330 e. The molecule has 2 N–H and O–H groups in total. The minimum atomic E-state index is 0.700. The molecule has 0 spiro atoms. The van der Waals surface area contributed by atoms with Crippen LogP contribution in [0.5, 0.6) is 0 Å². The SMILES string of the molecule is NCCCC#Cc1cccc2ccncc12. The van der Waals surface area contributed by atoms with Crippen LogP contribution in [0.15, 0.2) is 36.7 Å². The number of aromatic nitrogens is 1. The van der Waals surface area contributed by atoms with Crippen molar-refractivity contribution in [2.24, 2.45) is 5.73 Å². The Morgan fingerprint density at radius 1 is 1.25 bits per heavy atom. The highest BCUT2D eigenvalue weighted by molar-refractivity contribution is 5.87. The molecule has 1 aromatic heterocycles. The molecule has 2 aromatic rings. The zero-order chi connectivity index (χ0) is 11.2. The second-order valence-corrected chi connectivity index (χ2v) is 3.60. The fourth-order valence-corrected chi connectivity index (χ4v) is 1.57. The Morgan fingerprint density at radius 3 is 3.06 bits per heavy atom. The summed E-state index contributed by atoms with van der Waals surface area (Å²) in [6.45, 7) is 0.700. The summed E-state index contributed by atoms with van der Waals surface area (Å²) in [6, 6.07) is 8.12. The molecule has 0 fully saturated rings. The van der Waals surface area contributed by atoms with Gasteiger partial charge in [0.05, 0.1) is 0 Å². The van der Waals surface area contributed by atoms with Crippen LogP contribution in [0, 0.1) is 11.8 Å². The molecule has 0 aliphatic carbocycles. The summed E-state index contributed by atoms with van der Waals surface area (Å²) in [7, 11) is 0. The third kappa shape index (κ3) is 2.39. The Balaban J connectivity index is 2.32. The summed E-state index contributed by atoms with van der Waals surface area (Å²) in [5.74, 6) is 6.31. The summed E-state index contributed by atoms with van der Waals surface area (Å²) in [5, 5.41) is 2.30. The van der Waals surface area contributed by atoms with Gasteiger partial charge in [-0.15, -0.1) is 0 Å². The molecule has 0 aliphatic heterocycles. The van der Waals surface area contributed by atoms with E-state index in [0.717, 1.165) is 23.8 Å². The molecule has 0 radical (unpaired) electrons. The molecule has 0 amide bonds. The molecule has 0 unspecified atom stereocenters. The summed E-state index contributed by atoms with van der Waals surface area (Å²) in [4.78, 5) is 4.13. The van der Waals surface area contributed by atoms with Crippen molar-refractivity contribution in [3.05, 3.63) is 42.2 Å². The minimum Gasteiger partial charge on any atom is -0.330 e. The molecule has 0 atom stereocenters. The summed E-state index contributed by atoms with van der Waals surface area (Å²) in [6.07, 6.45) is 5.47. The molecule has 0 saturated heterocycles. The zero-order valence-corrected chi connectivity index (χ0v) is 9.11. The second kappa shape index (κ2) is 5.29. The van der Waals surface area contributed by atoms with Gasteiger partial charge < -0.3 is 5.73 Å². The number of benzene rings is 1. The Bertz CT molecular complexity index is 530. The van der Waals surface area contributed by atoms with Crippen molar-refractivity contribution in [1.29, 1.82) is 0 Å². The molecule has 2 heteroatoms. The summed E-state index contributed by atoms with van der Waals surface area (Å²) >= 11 is 0. The number of fused-ring (bicyclic) bond motifs is 1. The Kier molecular flexibility index (Phi) is 3.53. The van der Waals surface area contributed by atoms with Crippen molar-refractivity contribution in [3.63, 3.8) is 0 Å². The predicted molar refractivity (Wildman–Crippen MR) is 66.9 cm³/mol. The normalized spacial score (nSPS) is 9.81. The van der Waals surface area contributed by atoms with Crippen LogP contribution < -0.4 is 5.73 Å². The number of hydrogen-bond donors (Lipinski definition) is 1. The molecular weight excluding hydrogens is 196 g/mol. The average Bonchev–Trinajstić information content (AvgIpc) is 2.35. The fourth-order valence-electron chi connectivity index (χ4n) is 1.57. The highest BCUT2D eigenvalue weighted by atomic mass is 14.6. The monoisotopic (exact) mass is 210 g/mol. The highest BCUT2D eigenvalue weighted by Crippen LogP contribution is 2.16. The Labute approximate surface area is 95.5 Å². The van der Waals surface area contributed by atoms with Crippen LogP contribution in [0.1, 0.15) is 18.4 Å². The Morgan fingerprint density at radius 2 is 2.19 bits per heavy atom. The van der Waals surface area contributed by atoms with Crippen molar-refractivity contribution >= 4 is 10.8 Å². The van der Waals surface area contributed by atoms with E-state index in [1.165, 1.54) is 5.39 Å². The number of nitrogens with two attached hydrogens (primary N) is 1. The molecule has 1 aromatic carbocycles. The van der Waals surface area contributed by atoms with E-state index in [-0.39, 0.29) is 0 Å². The quantitative estimate of drug-likeness (QED) is 0.610. The Hall–Kier alpha value is -1.85. The van der Waals surface area contributed by atoms with Gasteiger partial charge in [-0.3, -0.25) is 4.98 Å². The van der Waals surface area contributed by atoms with Gasteiger partial charge in [0, 0.05) is 29.8 Å². The van der Waals surface area contributed by atoms with E-state index < -0.39 is 0 Å². The van der Waals surface area contributed by atoms with Crippen molar-refractivity contribution in [3.8, 4) is 11.8 Å². The lowest BCUT2D eigenvalue weighted by atomic mass is 10.1. The van der Waals surface area contributed by atoms with E-state index in [1.807, 2.05) is 24.4 Å². The molecule has 2 nitrogen and oxygen atoms in total. The van der Waals surface area contributed by atoms with Gasteiger partial charge in [0.25, 0.3) is 0 Å². The van der Waals surface area contributed by atoms with Crippen molar-refractivity contribution in [1.82, 2.24) is 4.98 Å². The maximum atomic E-state index is 5.42. The van der Waals surface area contributed by atoms with E-state index in [2.05, 4.69) is 22.9 Å². The smallest absolute Gasteiger partial charge is 0.0358 e. The van der Waals surface area contributed by atoms with Crippen LogP contribution in [0.4, 0.5) is 0 Å². The van der Waals surface area contributed by atoms with Gasteiger partial charge in [0.1, 0.15) is 0 Å². The van der Waals surface area contributed by atoms with Crippen LogP contribution >= 0.6 is 0 Å². The summed E-state index contributed by atoms with van der Waals surface area (Å²) < 4.78 is 0. The third-order valence-electron chi connectivity index (χ3n) is 2.41. The van der Waals surface area contributed by atoms with E-state index in [1.54, 1.807) is 6.20 Å². The van der Waals surface area contributed by atoms with Crippen LogP contribution in [0.2, 0.25) is 0 Å². The van der Waals surface area contributed by atoms with Crippen LogP contribution in [-0.2, 0) is 0 Å². The number of hydrogen-bond acceptors (Lipinski definition) is 2. The first-order chi connectivity index (χ1) is 7.92.